The van der Waals surface area contributed by atoms with Crippen LogP contribution in [0.2, 0.25) is 5.02 Å². The summed E-state index contributed by atoms with van der Waals surface area (Å²) in [5, 5.41) is 6.37. The van der Waals surface area contributed by atoms with Crippen LogP contribution in [-0.2, 0) is 17.6 Å². The molecular formula is C20H17ClN2O2S. The summed E-state index contributed by atoms with van der Waals surface area (Å²) in [6, 6.07) is 14.5. The van der Waals surface area contributed by atoms with Gasteiger partial charge in [0.1, 0.15) is 0 Å². The van der Waals surface area contributed by atoms with Crippen molar-refractivity contribution in [1.29, 1.82) is 0 Å². The molecule has 26 heavy (non-hydrogen) atoms. The number of Topliss-reactive ketones (excluding diaryl/α,β-unsaturated/α-hetero) is 1. The predicted octanol–water partition coefficient (Wildman–Crippen LogP) is 4.77. The van der Waals surface area contributed by atoms with E-state index in [0.29, 0.717) is 22.7 Å². The van der Waals surface area contributed by atoms with E-state index in [-0.39, 0.29) is 18.1 Å². The zero-order chi connectivity index (χ0) is 18.5. The molecule has 4 nitrogen and oxygen atoms in total. The van der Waals surface area contributed by atoms with Crippen LogP contribution >= 0.6 is 22.9 Å². The van der Waals surface area contributed by atoms with Gasteiger partial charge in [-0.25, -0.2) is 4.98 Å². The molecule has 1 N–H and O–H groups in total. The maximum absolute atomic E-state index is 12.2. The van der Waals surface area contributed by atoms with Gasteiger partial charge in [-0.3, -0.25) is 9.59 Å². The van der Waals surface area contributed by atoms with Crippen LogP contribution in [0.1, 0.15) is 33.5 Å². The summed E-state index contributed by atoms with van der Waals surface area (Å²) in [4.78, 5) is 28.0. The van der Waals surface area contributed by atoms with Crippen molar-refractivity contribution in [3.05, 3.63) is 80.8 Å². The first kappa shape index (κ1) is 18.3. The molecule has 0 saturated carbocycles. The number of ketones is 1. The molecule has 0 saturated heterocycles. The van der Waals surface area contributed by atoms with Crippen molar-refractivity contribution in [3.8, 4) is 0 Å². The molecule has 132 valence electrons. The lowest BCUT2D eigenvalue weighted by atomic mass is 10.1. The van der Waals surface area contributed by atoms with Gasteiger partial charge in [-0.1, -0.05) is 23.7 Å². The number of thiazole rings is 1. The smallest absolute Gasteiger partial charge is 0.230 e. The summed E-state index contributed by atoms with van der Waals surface area (Å²) in [6.45, 7) is 1.51. The molecule has 0 fully saturated rings. The van der Waals surface area contributed by atoms with Crippen LogP contribution in [0.15, 0.2) is 53.9 Å². The average molecular weight is 385 g/mol. The highest BCUT2D eigenvalue weighted by atomic mass is 35.5. The minimum Gasteiger partial charge on any atom is -0.326 e. The zero-order valence-corrected chi connectivity index (χ0v) is 15.7. The lowest BCUT2D eigenvalue weighted by Crippen LogP contribution is -2.14. The normalized spacial score (nSPS) is 10.5. The van der Waals surface area contributed by atoms with Gasteiger partial charge >= 0.3 is 0 Å². The topological polar surface area (TPSA) is 59.1 Å². The molecule has 1 heterocycles. The van der Waals surface area contributed by atoms with E-state index in [1.807, 2.05) is 29.6 Å². The number of anilines is 1. The fraction of sp³-hybridized carbons (Fsp3) is 0.150. The van der Waals surface area contributed by atoms with Crippen LogP contribution in [0.4, 0.5) is 5.69 Å². The van der Waals surface area contributed by atoms with Crippen LogP contribution in [0.5, 0.6) is 0 Å². The second-order valence-corrected chi connectivity index (χ2v) is 7.28. The van der Waals surface area contributed by atoms with Gasteiger partial charge in [0.05, 0.1) is 17.1 Å². The number of halogens is 1. The maximum atomic E-state index is 12.2. The van der Waals surface area contributed by atoms with Crippen LogP contribution in [0, 0.1) is 0 Å². The molecule has 0 bridgehead atoms. The molecule has 0 atom stereocenters. The summed E-state index contributed by atoms with van der Waals surface area (Å²) in [6.07, 6.45) is 0.903. The Morgan fingerprint density at radius 3 is 2.62 bits per heavy atom. The Balaban J connectivity index is 1.58. The third-order valence-electron chi connectivity index (χ3n) is 3.76. The van der Waals surface area contributed by atoms with Crippen molar-refractivity contribution in [1.82, 2.24) is 4.98 Å². The van der Waals surface area contributed by atoms with Crippen molar-refractivity contribution < 1.29 is 9.59 Å². The molecule has 1 aromatic heterocycles. The fourth-order valence-corrected chi connectivity index (χ4v) is 3.53. The number of carbonyl (C=O) groups is 2. The lowest BCUT2D eigenvalue weighted by Gasteiger charge is -2.04. The third kappa shape index (κ3) is 5.00. The average Bonchev–Trinajstić information content (AvgIpc) is 3.02. The highest BCUT2D eigenvalue weighted by molar-refractivity contribution is 7.09. The van der Waals surface area contributed by atoms with E-state index in [2.05, 4.69) is 10.3 Å². The third-order valence-corrected chi connectivity index (χ3v) is 4.89. The molecule has 0 spiro atoms. The summed E-state index contributed by atoms with van der Waals surface area (Å²) < 4.78 is 0. The molecule has 1 amide bonds. The summed E-state index contributed by atoms with van der Waals surface area (Å²) in [5.74, 6) is -0.141. The molecule has 0 unspecified atom stereocenters. The van der Waals surface area contributed by atoms with Gasteiger partial charge in [-0.05, 0) is 48.9 Å². The first-order chi connectivity index (χ1) is 12.5. The van der Waals surface area contributed by atoms with E-state index >= 15 is 0 Å². The number of nitrogens with one attached hydrogen (secondary N) is 1. The molecule has 2 aromatic carbocycles. The van der Waals surface area contributed by atoms with Crippen molar-refractivity contribution in [2.75, 3.05) is 5.32 Å². The Morgan fingerprint density at radius 1 is 1.15 bits per heavy atom. The first-order valence-electron chi connectivity index (χ1n) is 8.08. The summed E-state index contributed by atoms with van der Waals surface area (Å²) in [7, 11) is 0. The molecule has 6 heteroatoms. The van der Waals surface area contributed by atoms with E-state index in [4.69, 9.17) is 11.6 Å². The van der Waals surface area contributed by atoms with Gasteiger partial charge in [-0.2, -0.15) is 0 Å². The highest BCUT2D eigenvalue weighted by Gasteiger charge is 2.09. The highest BCUT2D eigenvalue weighted by Crippen LogP contribution is 2.18. The van der Waals surface area contributed by atoms with E-state index in [1.165, 1.54) is 18.3 Å². The minimum absolute atomic E-state index is 0.00224. The Labute approximate surface area is 160 Å². The van der Waals surface area contributed by atoms with Crippen LogP contribution < -0.4 is 5.32 Å². The number of carbonyl (C=O) groups excluding carboxylic acids is 2. The van der Waals surface area contributed by atoms with E-state index < -0.39 is 0 Å². The predicted molar refractivity (Wildman–Crippen MR) is 105 cm³/mol. The SMILES string of the molecule is CC(=O)c1ccc(NC(=O)Cc2csc(Cc3cccc(Cl)c3)n2)cc1. The largest absolute Gasteiger partial charge is 0.326 e. The Morgan fingerprint density at radius 2 is 1.92 bits per heavy atom. The number of amides is 1. The quantitative estimate of drug-likeness (QED) is 0.622. The molecular weight excluding hydrogens is 368 g/mol. The van der Waals surface area contributed by atoms with Crippen LogP contribution in [0.3, 0.4) is 0 Å². The maximum Gasteiger partial charge on any atom is 0.230 e. The van der Waals surface area contributed by atoms with Crippen molar-refractivity contribution in [3.63, 3.8) is 0 Å². The standard InChI is InChI=1S/C20H17ClN2O2S/c1-13(24)15-5-7-17(8-6-15)22-19(25)11-18-12-26-20(23-18)10-14-3-2-4-16(21)9-14/h2-9,12H,10-11H2,1H3,(H,22,25). The molecule has 0 radical (unpaired) electrons. The molecule has 0 aliphatic heterocycles. The van der Waals surface area contributed by atoms with Crippen LogP contribution in [0.25, 0.3) is 0 Å². The summed E-state index contributed by atoms with van der Waals surface area (Å²) >= 11 is 7.53. The second-order valence-electron chi connectivity index (χ2n) is 5.90. The lowest BCUT2D eigenvalue weighted by molar-refractivity contribution is -0.115. The van der Waals surface area contributed by atoms with Crippen molar-refractivity contribution in [2.45, 2.75) is 19.8 Å². The van der Waals surface area contributed by atoms with Gasteiger partial charge in [0.15, 0.2) is 5.78 Å². The molecule has 3 rings (SSSR count). The number of aromatic nitrogens is 1. The van der Waals surface area contributed by atoms with Crippen LogP contribution in [-0.4, -0.2) is 16.7 Å². The minimum atomic E-state index is -0.139. The van der Waals surface area contributed by atoms with Gasteiger partial charge in [0, 0.05) is 28.1 Å². The molecule has 0 aliphatic rings. The monoisotopic (exact) mass is 384 g/mol. The Kier molecular flexibility index (Phi) is 5.81. The number of nitrogens with zero attached hydrogens (tertiary/aromatic N) is 1. The van der Waals surface area contributed by atoms with Gasteiger partial charge in [0.2, 0.25) is 5.91 Å². The first-order valence-corrected chi connectivity index (χ1v) is 9.34. The zero-order valence-electron chi connectivity index (χ0n) is 14.2. The number of hydrogen-bond donors (Lipinski definition) is 1. The molecule has 3 aromatic rings. The van der Waals surface area contributed by atoms with Crippen molar-refractivity contribution in [2.24, 2.45) is 0 Å². The van der Waals surface area contributed by atoms with E-state index in [0.717, 1.165) is 16.3 Å². The van der Waals surface area contributed by atoms with E-state index in [1.54, 1.807) is 24.3 Å². The number of rotatable bonds is 6. The van der Waals surface area contributed by atoms with Crippen molar-refractivity contribution >= 4 is 40.3 Å². The second kappa shape index (κ2) is 8.25. The Hall–Kier alpha value is -2.50. The van der Waals surface area contributed by atoms with Gasteiger partial charge < -0.3 is 5.32 Å². The van der Waals surface area contributed by atoms with Gasteiger partial charge in [-0.15, -0.1) is 11.3 Å². The Bertz CT molecular complexity index is 935. The van der Waals surface area contributed by atoms with E-state index in [9.17, 15) is 9.59 Å². The fourth-order valence-electron chi connectivity index (χ4n) is 2.49. The number of hydrogen-bond acceptors (Lipinski definition) is 4. The van der Waals surface area contributed by atoms with Gasteiger partial charge in [0.25, 0.3) is 0 Å². The molecule has 0 aliphatic carbocycles. The summed E-state index contributed by atoms with van der Waals surface area (Å²) in [5.41, 5.74) is 3.11. The number of benzene rings is 2.